The van der Waals surface area contributed by atoms with Gasteiger partial charge in [-0.2, -0.15) is 8.78 Å². The maximum Gasteiger partial charge on any atom is 0.342 e. The molecule has 0 aromatic heterocycles. The summed E-state index contributed by atoms with van der Waals surface area (Å²) in [5, 5.41) is 0. The maximum absolute atomic E-state index is 12.2. The van der Waals surface area contributed by atoms with E-state index in [1.165, 1.54) is 12.1 Å². The summed E-state index contributed by atoms with van der Waals surface area (Å²) < 4.78 is 28.6. The Balaban J connectivity index is 2.66. The van der Waals surface area contributed by atoms with Crippen molar-refractivity contribution in [2.24, 2.45) is 0 Å². The highest BCUT2D eigenvalue weighted by molar-refractivity contribution is 6.12. The van der Waals surface area contributed by atoms with Gasteiger partial charge < -0.3 is 4.74 Å². The molecule has 0 saturated heterocycles. The molecular formula is C7H7BF2O. The van der Waals surface area contributed by atoms with Crippen LogP contribution < -0.4 is 4.74 Å². The smallest absolute Gasteiger partial charge is 0.342 e. The number of para-hydroxylation sites is 1. The molecule has 0 N–H and O–H groups in total. The Morgan fingerprint density at radius 1 is 1.18 bits per heavy atom. The largest absolute Gasteiger partial charge is 0.441 e. The lowest BCUT2D eigenvalue weighted by atomic mass is 10.1. The molecular weight excluding hydrogens is 149 g/mol. The van der Waals surface area contributed by atoms with E-state index in [2.05, 4.69) is 4.74 Å². The maximum atomic E-state index is 12.2. The van der Waals surface area contributed by atoms with Crippen molar-refractivity contribution in [3.05, 3.63) is 30.3 Å². The minimum Gasteiger partial charge on any atom is -0.441 e. The first-order valence-electron chi connectivity index (χ1n) is 3.20. The number of hydrogen-bond donors (Lipinski definition) is 0. The summed E-state index contributed by atoms with van der Waals surface area (Å²) in [7, 11) is 0.708. The van der Waals surface area contributed by atoms with Gasteiger partial charge in [0.1, 0.15) is 5.75 Å². The third-order valence-corrected chi connectivity index (χ3v) is 1.04. The normalized spacial score (nSPS) is 11.1. The first-order valence-corrected chi connectivity index (χ1v) is 3.20. The van der Waals surface area contributed by atoms with Crippen LogP contribution in [-0.4, -0.2) is 13.9 Å². The fourth-order valence-corrected chi connectivity index (χ4v) is 0.695. The van der Waals surface area contributed by atoms with Crippen LogP contribution in [0.4, 0.5) is 8.78 Å². The highest BCUT2D eigenvalue weighted by Gasteiger charge is 2.22. The quantitative estimate of drug-likeness (QED) is 0.585. The Morgan fingerprint density at radius 3 is 2.18 bits per heavy atom. The van der Waals surface area contributed by atoms with E-state index in [1.807, 2.05) is 0 Å². The van der Waals surface area contributed by atoms with Gasteiger partial charge in [-0.05, 0) is 12.1 Å². The Labute approximate surface area is 64.4 Å². The zero-order valence-electron chi connectivity index (χ0n) is 6.05. The molecule has 1 rings (SSSR count). The van der Waals surface area contributed by atoms with E-state index in [-0.39, 0.29) is 5.75 Å². The molecule has 1 nitrogen and oxygen atoms in total. The summed E-state index contributed by atoms with van der Waals surface area (Å²) in [5.41, 5.74) is 0. The topological polar surface area (TPSA) is 9.23 Å². The lowest BCUT2D eigenvalue weighted by Crippen LogP contribution is -2.24. The highest BCUT2D eigenvalue weighted by atomic mass is 19.3. The van der Waals surface area contributed by atoms with Crippen LogP contribution in [0.25, 0.3) is 0 Å². The van der Waals surface area contributed by atoms with E-state index in [9.17, 15) is 8.78 Å². The van der Waals surface area contributed by atoms with E-state index in [0.717, 1.165) is 0 Å². The molecule has 0 amide bonds. The average Bonchev–Trinajstić information content (AvgIpc) is 1.85. The van der Waals surface area contributed by atoms with Gasteiger partial charge in [-0.25, -0.2) is 0 Å². The van der Waals surface area contributed by atoms with Gasteiger partial charge in [0, 0.05) is 0 Å². The lowest BCUT2D eigenvalue weighted by Gasteiger charge is -2.12. The predicted octanol–water partition coefficient (Wildman–Crippen LogP) is 1.25. The molecule has 0 aliphatic heterocycles. The van der Waals surface area contributed by atoms with Crippen molar-refractivity contribution in [1.29, 1.82) is 0 Å². The van der Waals surface area contributed by atoms with Gasteiger partial charge in [0.05, 0.1) is 0 Å². The zero-order chi connectivity index (χ0) is 8.32. The molecule has 1 aromatic rings. The minimum atomic E-state index is -3.10. The molecule has 0 heterocycles. The van der Waals surface area contributed by atoms with Crippen LogP contribution in [0.15, 0.2) is 30.3 Å². The second-order valence-electron chi connectivity index (χ2n) is 2.22. The monoisotopic (exact) mass is 156 g/mol. The molecule has 1 aromatic carbocycles. The fourth-order valence-electron chi connectivity index (χ4n) is 0.695. The first kappa shape index (κ1) is 8.05. The van der Waals surface area contributed by atoms with Crippen molar-refractivity contribution in [1.82, 2.24) is 0 Å². The molecule has 11 heavy (non-hydrogen) atoms. The minimum absolute atomic E-state index is 0.181. The van der Waals surface area contributed by atoms with Gasteiger partial charge >= 0.3 is 6.01 Å². The van der Waals surface area contributed by atoms with Crippen LogP contribution >= 0.6 is 0 Å². The van der Waals surface area contributed by atoms with Gasteiger partial charge in [0.25, 0.3) is 0 Å². The molecule has 0 unspecified atom stereocenters. The first-order chi connectivity index (χ1) is 5.08. The molecule has 0 aliphatic rings. The molecule has 0 bridgehead atoms. The van der Waals surface area contributed by atoms with E-state index in [1.54, 1.807) is 18.2 Å². The van der Waals surface area contributed by atoms with Crippen LogP contribution in [0.5, 0.6) is 5.75 Å². The standard InChI is InChI=1S/C7H7BF2O/c8-7(9,10)11-6-4-2-1-3-5-6/h1-5H,8H2. The van der Waals surface area contributed by atoms with Crippen LogP contribution in [-0.2, 0) is 0 Å². The molecule has 0 aliphatic carbocycles. The number of hydrogen-bond acceptors (Lipinski definition) is 1. The van der Waals surface area contributed by atoms with Gasteiger partial charge in [-0.1, -0.05) is 18.2 Å². The lowest BCUT2D eigenvalue weighted by molar-refractivity contribution is -0.0972. The summed E-state index contributed by atoms with van der Waals surface area (Å²) in [4.78, 5) is 0. The van der Waals surface area contributed by atoms with Crippen LogP contribution in [0, 0.1) is 0 Å². The molecule has 0 radical (unpaired) electrons. The number of alkyl halides is 2. The van der Waals surface area contributed by atoms with E-state index >= 15 is 0 Å². The Bertz CT molecular complexity index is 220. The predicted molar refractivity (Wildman–Crippen MR) is 40.6 cm³/mol. The fraction of sp³-hybridized carbons (Fsp3) is 0.143. The second-order valence-corrected chi connectivity index (χ2v) is 2.22. The van der Waals surface area contributed by atoms with Gasteiger partial charge in [-0.15, -0.1) is 0 Å². The Hall–Kier alpha value is -1.06. The van der Waals surface area contributed by atoms with E-state index in [0.29, 0.717) is 7.85 Å². The summed E-state index contributed by atoms with van der Waals surface area (Å²) in [6, 6.07) is 4.89. The van der Waals surface area contributed by atoms with Gasteiger partial charge in [0.2, 0.25) is 7.85 Å². The number of ether oxygens (including phenoxy) is 1. The van der Waals surface area contributed by atoms with Gasteiger partial charge in [0.15, 0.2) is 0 Å². The van der Waals surface area contributed by atoms with Crippen molar-refractivity contribution in [3.8, 4) is 5.75 Å². The molecule has 58 valence electrons. The van der Waals surface area contributed by atoms with E-state index < -0.39 is 6.01 Å². The highest BCUT2D eigenvalue weighted by Crippen LogP contribution is 2.17. The van der Waals surface area contributed by atoms with Crippen LogP contribution in [0.1, 0.15) is 0 Å². The summed E-state index contributed by atoms with van der Waals surface area (Å²) in [5.74, 6) is 0.181. The summed E-state index contributed by atoms with van der Waals surface area (Å²) in [6.45, 7) is 0. The third-order valence-electron chi connectivity index (χ3n) is 1.04. The SMILES string of the molecule is BC(F)(F)Oc1ccccc1. The number of benzene rings is 1. The zero-order valence-corrected chi connectivity index (χ0v) is 6.05. The van der Waals surface area contributed by atoms with Crippen molar-refractivity contribution in [3.63, 3.8) is 0 Å². The molecule has 4 heteroatoms. The van der Waals surface area contributed by atoms with Crippen molar-refractivity contribution < 1.29 is 13.5 Å². The summed E-state index contributed by atoms with van der Waals surface area (Å²) in [6.07, 6.45) is 0. The van der Waals surface area contributed by atoms with Crippen LogP contribution in [0.2, 0.25) is 0 Å². The molecule has 0 atom stereocenters. The number of rotatable bonds is 2. The molecule has 0 fully saturated rings. The van der Waals surface area contributed by atoms with Crippen molar-refractivity contribution in [2.45, 2.75) is 6.01 Å². The molecule has 0 spiro atoms. The van der Waals surface area contributed by atoms with Gasteiger partial charge in [-0.3, -0.25) is 0 Å². The van der Waals surface area contributed by atoms with Crippen LogP contribution in [0.3, 0.4) is 0 Å². The number of halogens is 2. The van der Waals surface area contributed by atoms with E-state index in [4.69, 9.17) is 0 Å². The third kappa shape index (κ3) is 3.02. The van der Waals surface area contributed by atoms with Crippen molar-refractivity contribution in [2.75, 3.05) is 0 Å². The van der Waals surface area contributed by atoms with Crippen molar-refractivity contribution >= 4 is 7.85 Å². The molecule has 0 saturated carbocycles. The Morgan fingerprint density at radius 2 is 1.73 bits per heavy atom. The Kier molecular flexibility index (Phi) is 2.12. The average molecular weight is 156 g/mol. The summed E-state index contributed by atoms with van der Waals surface area (Å²) >= 11 is 0. The second kappa shape index (κ2) is 2.90.